The minimum absolute atomic E-state index is 0.104. The molecule has 126 valence electrons. The lowest BCUT2D eigenvalue weighted by atomic mass is 10.1. The number of carbonyl (C=O) groups is 1. The largest absolute Gasteiger partial charge is 0.378 e. The molecule has 1 amide bonds. The number of benzene rings is 1. The zero-order valence-electron chi connectivity index (χ0n) is 13.4. The van der Waals surface area contributed by atoms with Crippen LogP contribution in [0.25, 0.3) is 0 Å². The molecule has 0 aliphatic carbocycles. The summed E-state index contributed by atoms with van der Waals surface area (Å²) in [7, 11) is 0. The Kier molecular flexibility index (Phi) is 5.42. The third kappa shape index (κ3) is 4.10. The van der Waals surface area contributed by atoms with Crippen molar-refractivity contribution in [2.24, 2.45) is 0 Å². The van der Waals surface area contributed by atoms with Crippen molar-refractivity contribution in [3.05, 3.63) is 52.3 Å². The van der Waals surface area contributed by atoms with E-state index in [0.717, 1.165) is 23.1 Å². The predicted molar refractivity (Wildman–Crippen MR) is 95.1 cm³/mol. The van der Waals surface area contributed by atoms with E-state index < -0.39 is 0 Å². The second-order valence-electron chi connectivity index (χ2n) is 5.59. The molecule has 3 rings (SSSR count). The van der Waals surface area contributed by atoms with Gasteiger partial charge in [-0.1, -0.05) is 28.1 Å². The highest BCUT2D eigenvalue weighted by Gasteiger charge is 2.17. The first-order valence-electron chi connectivity index (χ1n) is 7.85. The fourth-order valence-corrected chi connectivity index (χ4v) is 2.76. The normalized spacial score (nSPS) is 15.8. The van der Waals surface area contributed by atoms with Crippen LogP contribution in [-0.4, -0.2) is 42.2 Å². The molecule has 1 aliphatic heterocycles. The molecule has 2 aromatic rings. The van der Waals surface area contributed by atoms with E-state index in [9.17, 15) is 4.79 Å². The number of nitrogens with one attached hydrogen (secondary N) is 1. The van der Waals surface area contributed by atoms with E-state index in [-0.39, 0.29) is 11.9 Å². The molecule has 0 unspecified atom stereocenters. The third-order valence-corrected chi connectivity index (χ3v) is 4.42. The second-order valence-corrected chi connectivity index (χ2v) is 6.50. The lowest BCUT2D eigenvalue weighted by Crippen LogP contribution is -2.37. The first-order valence-corrected chi connectivity index (χ1v) is 8.65. The maximum absolute atomic E-state index is 12.5. The molecule has 1 aromatic heterocycles. The zero-order chi connectivity index (χ0) is 16.9. The number of morpholine rings is 1. The lowest BCUT2D eigenvalue weighted by molar-refractivity contribution is 0.0934. The predicted octanol–water partition coefficient (Wildman–Crippen LogP) is 2.57. The van der Waals surface area contributed by atoms with Crippen LogP contribution in [0.5, 0.6) is 0 Å². The van der Waals surface area contributed by atoms with Crippen LogP contribution in [0.15, 0.2) is 41.0 Å². The fraction of sp³-hybridized carbons (Fsp3) is 0.353. The van der Waals surface area contributed by atoms with Gasteiger partial charge in [0.1, 0.15) is 5.69 Å². The quantitative estimate of drug-likeness (QED) is 0.868. The minimum Gasteiger partial charge on any atom is -0.378 e. The molecule has 6 nitrogen and oxygen atoms in total. The molecule has 1 saturated heterocycles. The van der Waals surface area contributed by atoms with Crippen molar-refractivity contribution >= 4 is 27.8 Å². The number of hydrogen-bond donors (Lipinski definition) is 1. The first kappa shape index (κ1) is 16.9. The molecule has 1 fully saturated rings. The highest BCUT2D eigenvalue weighted by molar-refractivity contribution is 9.10. The highest BCUT2D eigenvalue weighted by atomic mass is 79.9. The van der Waals surface area contributed by atoms with Gasteiger partial charge in [-0.3, -0.25) is 4.79 Å². The van der Waals surface area contributed by atoms with Crippen molar-refractivity contribution in [2.75, 3.05) is 31.2 Å². The fourth-order valence-electron chi connectivity index (χ4n) is 2.50. The third-order valence-electron chi connectivity index (χ3n) is 3.89. The summed E-state index contributed by atoms with van der Waals surface area (Å²) in [5.41, 5.74) is 1.41. The standard InChI is InChI=1S/C17H19BrN4O2/c1-12(13-2-4-14(18)5-3-13)20-16(23)15-6-7-19-17(21-15)22-8-10-24-11-9-22/h2-7,12H,8-11H2,1H3,(H,20,23)/t12-/m1/s1. The van der Waals surface area contributed by atoms with E-state index in [4.69, 9.17) is 4.74 Å². The summed E-state index contributed by atoms with van der Waals surface area (Å²) in [6, 6.07) is 9.40. The summed E-state index contributed by atoms with van der Waals surface area (Å²) in [5, 5.41) is 2.97. The molecule has 0 spiro atoms. The smallest absolute Gasteiger partial charge is 0.270 e. The van der Waals surface area contributed by atoms with Crippen LogP contribution < -0.4 is 10.2 Å². The second kappa shape index (κ2) is 7.72. The van der Waals surface area contributed by atoms with Crippen LogP contribution in [0.1, 0.15) is 29.0 Å². The average Bonchev–Trinajstić information content (AvgIpc) is 2.63. The van der Waals surface area contributed by atoms with Crippen LogP contribution in [-0.2, 0) is 4.74 Å². The summed E-state index contributed by atoms with van der Waals surface area (Å²) in [6.07, 6.45) is 1.62. The SMILES string of the molecule is C[C@@H](NC(=O)c1ccnc(N2CCOCC2)n1)c1ccc(Br)cc1. The number of nitrogens with zero attached hydrogens (tertiary/aromatic N) is 3. The topological polar surface area (TPSA) is 67.4 Å². The van der Waals surface area contributed by atoms with Crippen molar-refractivity contribution in [1.82, 2.24) is 15.3 Å². The number of carbonyl (C=O) groups excluding carboxylic acids is 1. The van der Waals surface area contributed by atoms with E-state index in [2.05, 4.69) is 31.2 Å². The van der Waals surface area contributed by atoms with Gasteiger partial charge in [0.25, 0.3) is 5.91 Å². The lowest BCUT2D eigenvalue weighted by Gasteiger charge is -2.26. The van der Waals surface area contributed by atoms with Gasteiger partial charge >= 0.3 is 0 Å². The molecule has 0 radical (unpaired) electrons. The Labute approximate surface area is 149 Å². The number of halogens is 1. The minimum atomic E-state index is -0.206. The summed E-state index contributed by atoms with van der Waals surface area (Å²) in [4.78, 5) is 23.2. The molecule has 1 aromatic carbocycles. The van der Waals surface area contributed by atoms with Gasteiger partial charge in [-0.15, -0.1) is 0 Å². The van der Waals surface area contributed by atoms with Crippen LogP contribution in [0.3, 0.4) is 0 Å². The molecule has 1 N–H and O–H groups in total. The van der Waals surface area contributed by atoms with Crippen molar-refractivity contribution in [3.63, 3.8) is 0 Å². The molecule has 24 heavy (non-hydrogen) atoms. The van der Waals surface area contributed by atoms with Crippen LogP contribution >= 0.6 is 15.9 Å². The van der Waals surface area contributed by atoms with E-state index in [1.165, 1.54) is 0 Å². The van der Waals surface area contributed by atoms with Crippen LogP contribution in [0.4, 0.5) is 5.95 Å². The number of rotatable bonds is 4. The van der Waals surface area contributed by atoms with E-state index in [1.54, 1.807) is 12.3 Å². The number of anilines is 1. The van der Waals surface area contributed by atoms with Crippen LogP contribution in [0.2, 0.25) is 0 Å². The maximum Gasteiger partial charge on any atom is 0.270 e. The Hall–Kier alpha value is -1.99. The van der Waals surface area contributed by atoms with E-state index >= 15 is 0 Å². The van der Waals surface area contributed by atoms with Gasteiger partial charge in [0.05, 0.1) is 19.3 Å². The highest BCUT2D eigenvalue weighted by Crippen LogP contribution is 2.17. The summed E-state index contributed by atoms with van der Waals surface area (Å²) < 4.78 is 6.34. The van der Waals surface area contributed by atoms with Crippen molar-refractivity contribution < 1.29 is 9.53 Å². The Morgan fingerprint density at radius 3 is 2.67 bits per heavy atom. The van der Waals surface area contributed by atoms with E-state index in [1.807, 2.05) is 36.1 Å². The monoisotopic (exact) mass is 390 g/mol. The average molecular weight is 391 g/mol. The Morgan fingerprint density at radius 2 is 1.96 bits per heavy atom. The molecule has 0 saturated carbocycles. The van der Waals surface area contributed by atoms with Gasteiger partial charge < -0.3 is 15.0 Å². The molecule has 1 atom stereocenters. The molecular formula is C17H19BrN4O2. The molecule has 1 aliphatic rings. The number of hydrogen-bond acceptors (Lipinski definition) is 5. The molecule has 2 heterocycles. The summed E-state index contributed by atoms with van der Waals surface area (Å²) in [6.45, 7) is 4.73. The molecule has 0 bridgehead atoms. The van der Waals surface area contributed by atoms with Gasteiger partial charge in [-0.2, -0.15) is 0 Å². The Balaban J connectivity index is 1.69. The Morgan fingerprint density at radius 1 is 1.25 bits per heavy atom. The summed E-state index contributed by atoms with van der Waals surface area (Å²) >= 11 is 3.41. The van der Waals surface area contributed by atoms with Crippen molar-refractivity contribution in [1.29, 1.82) is 0 Å². The van der Waals surface area contributed by atoms with E-state index in [0.29, 0.717) is 24.9 Å². The first-order chi connectivity index (χ1) is 11.6. The number of ether oxygens (including phenoxy) is 1. The van der Waals surface area contributed by atoms with Gasteiger partial charge in [0, 0.05) is 23.8 Å². The van der Waals surface area contributed by atoms with Gasteiger partial charge in [0.2, 0.25) is 5.95 Å². The van der Waals surface area contributed by atoms with Gasteiger partial charge in [0.15, 0.2) is 0 Å². The van der Waals surface area contributed by atoms with Gasteiger partial charge in [-0.05, 0) is 30.7 Å². The number of aromatic nitrogens is 2. The van der Waals surface area contributed by atoms with Gasteiger partial charge in [-0.25, -0.2) is 9.97 Å². The maximum atomic E-state index is 12.5. The van der Waals surface area contributed by atoms with Crippen molar-refractivity contribution in [2.45, 2.75) is 13.0 Å². The summed E-state index contributed by atoms with van der Waals surface area (Å²) in [5.74, 6) is 0.365. The molecular weight excluding hydrogens is 372 g/mol. The van der Waals surface area contributed by atoms with Crippen LogP contribution in [0, 0.1) is 0 Å². The molecule has 7 heteroatoms. The zero-order valence-corrected chi connectivity index (χ0v) is 15.0. The van der Waals surface area contributed by atoms with Crippen molar-refractivity contribution in [3.8, 4) is 0 Å². The number of amides is 1. The Bertz CT molecular complexity index is 702.